The second-order valence-electron chi connectivity index (χ2n) is 6.08. The molecule has 1 aromatic carbocycles. The van der Waals surface area contributed by atoms with E-state index in [1.54, 1.807) is 16.2 Å². The Bertz CT molecular complexity index is 827. The van der Waals surface area contributed by atoms with Crippen LogP contribution in [-0.4, -0.2) is 28.1 Å². The average Bonchev–Trinajstić information content (AvgIpc) is 3.24. The van der Waals surface area contributed by atoms with Crippen molar-refractivity contribution in [2.75, 3.05) is 7.05 Å². The monoisotopic (exact) mass is 355 g/mol. The lowest BCUT2D eigenvalue weighted by Gasteiger charge is -2.15. The number of aryl methyl sites for hydroxylation is 2. The number of hydrogen-bond donors (Lipinski definition) is 0. The molecule has 2 heterocycles. The van der Waals surface area contributed by atoms with E-state index in [0.717, 1.165) is 5.56 Å². The quantitative estimate of drug-likeness (QED) is 0.649. The van der Waals surface area contributed by atoms with Crippen molar-refractivity contribution in [1.29, 1.82) is 0 Å². The van der Waals surface area contributed by atoms with Gasteiger partial charge in [0.15, 0.2) is 0 Å². The molecule has 0 aliphatic carbocycles. The standard InChI is InChI=1S/C19H21N3O2S/c1-14-5-3-6-15(11-14)12-18-21-20-17(24-18)8-9-19(23)22(2)13-16-7-4-10-25-16/h3-7,10-11H,8-9,12-13H2,1-2H3. The highest BCUT2D eigenvalue weighted by Crippen LogP contribution is 2.13. The molecule has 0 atom stereocenters. The van der Waals surface area contributed by atoms with E-state index >= 15 is 0 Å². The molecule has 0 radical (unpaired) electrons. The second-order valence-corrected chi connectivity index (χ2v) is 7.12. The summed E-state index contributed by atoms with van der Waals surface area (Å²) in [7, 11) is 1.82. The summed E-state index contributed by atoms with van der Waals surface area (Å²) in [6.07, 6.45) is 1.45. The molecule has 130 valence electrons. The molecule has 6 heteroatoms. The largest absolute Gasteiger partial charge is 0.425 e. The molecule has 5 nitrogen and oxygen atoms in total. The minimum absolute atomic E-state index is 0.0758. The fourth-order valence-electron chi connectivity index (χ4n) is 2.59. The first-order chi connectivity index (χ1) is 12.1. The van der Waals surface area contributed by atoms with Gasteiger partial charge in [0, 0.05) is 24.8 Å². The highest BCUT2D eigenvalue weighted by atomic mass is 32.1. The van der Waals surface area contributed by atoms with E-state index in [9.17, 15) is 4.79 Å². The van der Waals surface area contributed by atoms with Gasteiger partial charge in [-0.25, -0.2) is 0 Å². The van der Waals surface area contributed by atoms with E-state index in [0.29, 0.717) is 37.6 Å². The Morgan fingerprint density at radius 1 is 1.20 bits per heavy atom. The second kappa shape index (κ2) is 8.07. The Kier molecular flexibility index (Phi) is 5.60. The van der Waals surface area contributed by atoms with Crippen LogP contribution in [0.25, 0.3) is 0 Å². The van der Waals surface area contributed by atoms with Gasteiger partial charge < -0.3 is 9.32 Å². The number of carbonyl (C=O) groups excluding carboxylic acids is 1. The van der Waals surface area contributed by atoms with Gasteiger partial charge in [-0.05, 0) is 23.9 Å². The molecule has 0 saturated carbocycles. The molecule has 3 aromatic rings. The summed E-state index contributed by atoms with van der Waals surface area (Å²) in [5.74, 6) is 1.17. The third-order valence-electron chi connectivity index (χ3n) is 3.90. The molecule has 0 aliphatic heterocycles. The maximum Gasteiger partial charge on any atom is 0.223 e. The first-order valence-corrected chi connectivity index (χ1v) is 9.11. The first kappa shape index (κ1) is 17.4. The molecule has 25 heavy (non-hydrogen) atoms. The molecular weight excluding hydrogens is 334 g/mol. The van der Waals surface area contributed by atoms with Crippen LogP contribution in [0.2, 0.25) is 0 Å². The normalized spacial score (nSPS) is 10.8. The van der Waals surface area contributed by atoms with Gasteiger partial charge in [0.1, 0.15) is 0 Å². The van der Waals surface area contributed by atoms with E-state index in [1.807, 2.05) is 36.7 Å². The van der Waals surface area contributed by atoms with Crippen LogP contribution in [0.4, 0.5) is 0 Å². The van der Waals surface area contributed by atoms with E-state index in [-0.39, 0.29) is 5.91 Å². The number of hydrogen-bond acceptors (Lipinski definition) is 5. The smallest absolute Gasteiger partial charge is 0.223 e. The Morgan fingerprint density at radius 2 is 2.04 bits per heavy atom. The number of carbonyl (C=O) groups is 1. The number of aromatic nitrogens is 2. The van der Waals surface area contributed by atoms with Crippen LogP contribution < -0.4 is 0 Å². The van der Waals surface area contributed by atoms with Gasteiger partial charge in [0.05, 0.1) is 13.0 Å². The zero-order valence-electron chi connectivity index (χ0n) is 14.4. The molecule has 2 aromatic heterocycles. The number of thiophene rings is 1. The molecule has 1 amide bonds. The Hall–Kier alpha value is -2.47. The van der Waals surface area contributed by atoms with Gasteiger partial charge in [-0.15, -0.1) is 21.5 Å². The predicted octanol–water partition coefficient (Wildman–Crippen LogP) is 3.62. The maximum absolute atomic E-state index is 12.2. The first-order valence-electron chi connectivity index (χ1n) is 8.23. The van der Waals surface area contributed by atoms with Gasteiger partial charge in [-0.3, -0.25) is 4.79 Å². The zero-order chi connectivity index (χ0) is 17.6. The molecule has 3 rings (SSSR count). The molecule has 0 unspecified atom stereocenters. The summed E-state index contributed by atoms with van der Waals surface area (Å²) >= 11 is 1.65. The number of amides is 1. The van der Waals surface area contributed by atoms with Gasteiger partial charge in [0.25, 0.3) is 0 Å². The topological polar surface area (TPSA) is 59.2 Å². The van der Waals surface area contributed by atoms with Crippen LogP contribution in [0.5, 0.6) is 0 Å². The Balaban J connectivity index is 1.50. The average molecular weight is 355 g/mol. The Labute approximate surface area is 151 Å². The van der Waals surface area contributed by atoms with E-state index in [1.165, 1.54) is 10.4 Å². The molecule has 0 N–H and O–H groups in total. The van der Waals surface area contributed by atoms with Crippen molar-refractivity contribution in [1.82, 2.24) is 15.1 Å². The van der Waals surface area contributed by atoms with Crippen molar-refractivity contribution in [3.63, 3.8) is 0 Å². The van der Waals surface area contributed by atoms with Gasteiger partial charge >= 0.3 is 0 Å². The summed E-state index contributed by atoms with van der Waals surface area (Å²) < 4.78 is 5.67. The summed E-state index contributed by atoms with van der Waals surface area (Å²) in [6.45, 7) is 2.69. The molecule has 0 fully saturated rings. The fourth-order valence-corrected chi connectivity index (χ4v) is 3.34. The lowest BCUT2D eigenvalue weighted by Crippen LogP contribution is -2.26. The van der Waals surface area contributed by atoms with Crippen molar-refractivity contribution in [2.24, 2.45) is 0 Å². The predicted molar refractivity (Wildman–Crippen MR) is 97.4 cm³/mol. The van der Waals surface area contributed by atoms with Crippen LogP contribution in [0.3, 0.4) is 0 Å². The molecule has 0 spiro atoms. The van der Waals surface area contributed by atoms with Crippen molar-refractivity contribution in [3.05, 3.63) is 69.6 Å². The van der Waals surface area contributed by atoms with E-state index < -0.39 is 0 Å². The molecule has 0 aliphatic rings. The van der Waals surface area contributed by atoms with Crippen LogP contribution in [-0.2, 0) is 24.2 Å². The molecule has 0 saturated heterocycles. The number of nitrogens with zero attached hydrogens (tertiary/aromatic N) is 3. The van der Waals surface area contributed by atoms with Gasteiger partial charge in [-0.2, -0.15) is 0 Å². The SMILES string of the molecule is Cc1cccc(Cc2nnc(CCC(=O)N(C)Cc3cccs3)o2)c1. The minimum Gasteiger partial charge on any atom is -0.425 e. The molecular formula is C19H21N3O2S. The molecule has 0 bridgehead atoms. The lowest BCUT2D eigenvalue weighted by molar-refractivity contribution is -0.130. The third-order valence-corrected chi connectivity index (χ3v) is 4.76. The van der Waals surface area contributed by atoms with Crippen LogP contribution >= 0.6 is 11.3 Å². The van der Waals surface area contributed by atoms with Gasteiger partial charge in [-0.1, -0.05) is 35.9 Å². The van der Waals surface area contributed by atoms with Crippen molar-refractivity contribution in [2.45, 2.75) is 32.7 Å². The van der Waals surface area contributed by atoms with Gasteiger partial charge in [0.2, 0.25) is 17.7 Å². The van der Waals surface area contributed by atoms with Crippen LogP contribution in [0.15, 0.2) is 46.2 Å². The fraction of sp³-hybridized carbons (Fsp3) is 0.316. The van der Waals surface area contributed by atoms with Crippen LogP contribution in [0.1, 0.15) is 34.2 Å². The van der Waals surface area contributed by atoms with Crippen molar-refractivity contribution in [3.8, 4) is 0 Å². The highest BCUT2D eigenvalue weighted by molar-refractivity contribution is 7.09. The van der Waals surface area contributed by atoms with Crippen LogP contribution in [0, 0.1) is 6.92 Å². The zero-order valence-corrected chi connectivity index (χ0v) is 15.3. The maximum atomic E-state index is 12.2. The van der Waals surface area contributed by atoms with E-state index in [2.05, 4.69) is 29.3 Å². The summed E-state index contributed by atoms with van der Waals surface area (Å²) in [4.78, 5) is 15.1. The van der Waals surface area contributed by atoms with Crippen molar-refractivity contribution >= 4 is 17.2 Å². The lowest BCUT2D eigenvalue weighted by atomic mass is 10.1. The summed E-state index contributed by atoms with van der Waals surface area (Å²) in [6, 6.07) is 12.2. The summed E-state index contributed by atoms with van der Waals surface area (Å²) in [5.41, 5.74) is 2.35. The third kappa shape index (κ3) is 5.00. The Morgan fingerprint density at radius 3 is 2.80 bits per heavy atom. The highest BCUT2D eigenvalue weighted by Gasteiger charge is 2.13. The number of benzene rings is 1. The minimum atomic E-state index is 0.0758. The van der Waals surface area contributed by atoms with E-state index in [4.69, 9.17) is 4.42 Å². The summed E-state index contributed by atoms with van der Waals surface area (Å²) in [5, 5.41) is 10.2. The number of rotatable bonds is 7. The van der Waals surface area contributed by atoms with Crippen molar-refractivity contribution < 1.29 is 9.21 Å².